The van der Waals surface area contributed by atoms with Crippen LogP contribution in [0.2, 0.25) is 0 Å². The van der Waals surface area contributed by atoms with Gasteiger partial charge >= 0.3 is 6.09 Å². The molecule has 31 heavy (non-hydrogen) atoms. The van der Waals surface area contributed by atoms with Crippen molar-refractivity contribution >= 4 is 29.1 Å². The number of anilines is 4. The number of hydrogen-bond donors (Lipinski definition) is 4. The summed E-state index contributed by atoms with van der Waals surface area (Å²) in [5, 5.41) is 18.0. The topological polar surface area (TPSA) is 151 Å². The molecule has 0 aliphatic rings. The molecule has 1 amide bonds. The number of amides is 1. The van der Waals surface area contributed by atoms with E-state index in [1.54, 1.807) is 12.3 Å². The van der Waals surface area contributed by atoms with Gasteiger partial charge in [0.2, 0.25) is 0 Å². The lowest BCUT2D eigenvalue weighted by atomic mass is 10.0. The molecule has 0 aromatic carbocycles. The molecule has 1 unspecified atom stereocenters. The van der Waals surface area contributed by atoms with E-state index in [1.165, 1.54) is 12.4 Å². The van der Waals surface area contributed by atoms with E-state index in [9.17, 15) is 4.79 Å². The fourth-order valence-electron chi connectivity index (χ4n) is 2.67. The molecule has 10 nitrogen and oxygen atoms in total. The van der Waals surface area contributed by atoms with Crippen LogP contribution >= 0.6 is 0 Å². The van der Waals surface area contributed by atoms with E-state index < -0.39 is 11.7 Å². The van der Waals surface area contributed by atoms with Crippen LogP contribution in [-0.4, -0.2) is 39.7 Å². The van der Waals surface area contributed by atoms with Gasteiger partial charge in [-0.25, -0.2) is 19.7 Å². The molecule has 0 fully saturated rings. The molecule has 0 saturated carbocycles. The van der Waals surface area contributed by atoms with Crippen molar-refractivity contribution in [3.8, 4) is 6.07 Å². The van der Waals surface area contributed by atoms with Crippen molar-refractivity contribution in [1.29, 1.82) is 5.26 Å². The summed E-state index contributed by atoms with van der Waals surface area (Å²) in [4.78, 5) is 24.1. The highest BCUT2D eigenvalue weighted by molar-refractivity contribution is 5.70. The third-order valence-electron chi connectivity index (χ3n) is 4.34. The van der Waals surface area contributed by atoms with Gasteiger partial charge in [-0.1, -0.05) is 13.3 Å². The molecule has 10 heteroatoms. The molecule has 166 valence electrons. The van der Waals surface area contributed by atoms with Gasteiger partial charge in [0, 0.05) is 19.2 Å². The smallest absolute Gasteiger partial charge is 0.407 e. The maximum absolute atomic E-state index is 11.8. The third kappa shape index (κ3) is 8.34. The molecule has 2 rings (SSSR count). The fraction of sp³-hybridized carbons (Fsp3) is 0.476. The molecular weight excluding hydrogens is 396 g/mol. The van der Waals surface area contributed by atoms with Crippen LogP contribution in [0.4, 0.5) is 27.8 Å². The molecule has 0 radical (unpaired) electrons. The molecule has 5 N–H and O–H groups in total. The van der Waals surface area contributed by atoms with Crippen LogP contribution in [-0.2, 0) is 4.74 Å². The van der Waals surface area contributed by atoms with E-state index in [4.69, 9.17) is 15.7 Å². The molecule has 2 aromatic heterocycles. The largest absolute Gasteiger partial charge is 0.444 e. The molecule has 0 bridgehead atoms. The Morgan fingerprint density at radius 1 is 1.23 bits per heavy atom. The normalized spacial score (nSPS) is 11.8. The first-order valence-corrected chi connectivity index (χ1v) is 10.2. The lowest BCUT2D eigenvalue weighted by Gasteiger charge is -2.21. The van der Waals surface area contributed by atoms with Crippen molar-refractivity contribution in [2.45, 2.75) is 46.1 Å². The Kier molecular flexibility index (Phi) is 8.37. The number of rotatable bonds is 9. The van der Waals surface area contributed by atoms with E-state index in [1.807, 2.05) is 26.8 Å². The van der Waals surface area contributed by atoms with Gasteiger partial charge in [0.15, 0.2) is 5.69 Å². The number of hydrogen-bond acceptors (Lipinski definition) is 9. The maximum atomic E-state index is 11.8. The van der Waals surface area contributed by atoms with E-state index in [-0.39, 0.29) is 5.69 Å². The Labute approximate surface area is 182 Å². The SMILES string of the molecule is CCC(CCNC(=O)OC(C)(C)C)CNc1cc(Nc2cnc(C#N)cn2)ncc1N. The Morgan fingerprint density at radius 2 is 1.97 bits per heavy atom. The Balaban J connectivity index is 1.88. The number of pyridine rings is 1. The number of nitrogens with one attached hydrogen (secondary N) is 3. The summed E-state index contributed by atoms with van der Waals surface area (Å²) in [5.41, 5.74) is 7.06. The van der Waals surface area contributed by atoms with Gasteiger partial charge in [-0.15, -0.1) is 0 Å². The number of carbonyl (C=O) groups excluding carboxylic acids is 1. The van der Waals surface area contributed by atoms with E-state index in [2.05, 4.69) is 37.8 Å². The molecule has 2 heterocycles. The minimum Gasteiger partial charge on any atom is -0.444 e. The molecular formula is C21H30N8O2. The van der Waals surface area contributed by atoms with Crippen molar-refractivity contribution in [3.05, 3.63) is 30.4 Å². The predicted octanol–water partition coefficient (Wildman–Crippen LogP) is 3.42. The third-order valence-corrected chi connectivity index (χ3v) is 4.34. The second-order valence-electron chi connectivity index (χ2n) is 8.05. The minimum atomic E-state index is -0.510. The lowest BCUT2D eigenvalue weighted by molar-refractivity contribution is 0.0525. The van der Waals surface area contributed by atoms with Gasteiger partial charge in [0.1, 0.15) is 23.3 Å². The number of nitrogen functional groups attached to an aromatic ring is 1. The number of nitrogens with zero attached hydrogens (tertiary/aromatic N) is 4. The zero-order valence-electron chi connectivity index (χ0n) is 18.4. The summed E-state index contributed by atoms with van der Waals surface area (Å²) < 4.78 is 5.25. The van der Waals surface area contributed by atoms with Crippen molar-refractivity contribution in [3.63, 3.8) is 0 Å². The fourth-order valence-corrected chi connectivity index (χ4v) is 2.67. The van der Waals surface area contributed by atoms with Crippen molar-refractivity contribution in [2.75, 3.05) is 29.5 Å². The van der Waals surface area contributed by atoms with Gasteiger partial charge in [-0.3, -0.25) is 0 Å². The molecule has 0 aliphatic carbocycles. The molecule has 0 saturated heterocycles. The van der Waals surface area contributed by atoms with Gasteiger partial charge in [-0.05, 0) is 33.1 Å². The number of nitriles is 1. The Hall–Kier alpha value is -3.61. The highest BCUT2D eigenvalue weighted by atomic mass is 16.6. The number of ether oxygens (including phenoxy) is 1. The average molecular weight is 427 g/mol. The summed E-state index contributed by atoms with van der Waals surface area (Å²) in [5.74, 6) is 1.36. The van der Waals surface area contributed by atoms with Crippen LogP contribution in [0.3, 0.4) is 0 Å². The summed E-state index contributed by atoms with van der Waals surface area (Å²) in [6, 6.07) is 3.72. The molecule has 2 aromatic rings. The summed E-state index contributed by atoms with van der Waals surface area (Å²) in [6.45, 7) is 8.83. The van der Waals surface area contributed by atoms with Crippen molar-refractivity contribution in [2.24, 2.45) is 5.92 Å². The first-order valence-electron chi connectivity index (χ1n) is 10.2. The second-order valence-corrected chi connectivity index (χ2v) is 8.05. The number of aromatic nitrogens is 3. The van der Waals surface area contributed by atoms with E-state index >= 15 is 0 Å². The van der Waals surface area contributed by atoms with Crippen LogP contribution in [0.1, 0.15) is 46.2 Å². The zero-order chi connectivity index (χ0) is 22.9. The highest BCUT2D eigenvalue weighted by Gasteiger charge is 2.16. The standard InChI is InChI=1S/C21H30N8O2/c1-5-14(6-7-24-20(30)31-21(2,3)4)10-26-17-8-18(28-12-16(17)23)29-19-13-25-15(9-22)11-27-19/h8,11-14H,5-7,10,23H2,1-4H3,(H,24,30)(H2,26,27,28,29). The zero-order valence-corrected chi connectivity index (χ0v) is 18.4. The van der Waals surface area contributed by atoms with Gasteiger partial charge < -0.3 is 26.4 Å². The minimum absolute atomic E-state index is 0.241. The van der Waals surface area contributed by atoms with Crippen LogP contribution < -0.4 is 21.7 Å². The van der Waals surface area contributed by atoms with E-state index in [0.717, 1.165) is 18.5 Å². The second kappa shape index (κ2) is 11.0. The van der Waals surface area contributed by atoms with Gasteiger partial charge in [0.05, 0.1) is 30.0 Å². The van der Waals surface area contributed by atoms with Crippen LogP contribution in [0.5, 0.6) is 0 Å². The monoisotopic (exact) mass is 426 g/mol. The first-order chi connectivity index (χ1) is 14.7. The molecule has 0 spiro atoms. The van der Waals surface area contributed by atoms with Crippen molar-refractivity contribution < 1.29 is 9.53 Å². The van der Waals surface area contributed by atoms with Crippen LogP contribution in [0.15, 0.2) is 24.7 Å². The maximum Gasteiger partial charge on any atom is 0.407 e. The Bertz CT molecular complexity index is 903. The highest BCUT2D eigenvalue weighted by Crippen LogP contribution is 2.23. The van der Waals surface area contributed by atoms with Gasteiger partial charge in [0.25, 0.3) is 0 Å². The predicted molar refractivity (Wildman–Crippen MR) is 120 cm³/mol. The van der Waals surface area contributed by atoms with Crippen LogP contribution in [0.25, 0.3) is 0 Å². The first kappa shape index (κ1) is 23.7. The van der Waals surface area contributed by atoms with Crippen molar-refractivity contribution in [1.82, 2.24) is 20.3 Å². The quantitative estimate of drug-likeness (QED) is 0.472. The summed E-state index contributed by atoms with van der Waals surface area (Å²) >= 11 is 0. The number of alkyl carbamates (subject to hydrolysis) is 1. The van der Waals surface area contributed by atoms with E-state index in [0.29, 0.717) is 36.3 Å². The van der Waals surface area contributed by atoms with Gasteiger partial charge in [-0.2, -0.15) is 5.26 Å². The Morgan fingerprint density at radius 3 is 2.58 bits per heavy atom. The van der Waals surface area contributed by atoms with Crippen LogP contribution in [0, 0.1) is 17.2 Å². The summed E-state index contributed by atoms with van der Waals surface area (Å²) in [7, 11) is 0. The average Bonchev–Trinajstić information content (AvgIpc) is 2.71. The molecule has 1 atom stereocenters. The number of carbonyl (C=O) groups is 1. The molecule has 0 aliphatic heterocycles. The summed E-state index contributed by atoms with van der Waals surface area (Å²) in [6.07, 6.45) is 5.76. The number of nitrogens with two attached hydrogens (primary N) is 1. The lowest BCUT2D eigenvalue weighted by Crippen LogP contribution is -2.34.